The molecule has 0 spiro atoms. The molecule has 1 atom stereocenters. The number of carbonyl (C=O) groups is 2. The van der Waals surface area contributed by atoms with Crippen LogP contribution in [-0.4, -0.2) is 16.9 Å². The number of Topliss-reactive ketones (excluding diaryl/α,β-unsaturated/α-hetero) is 1. The summed E-state index contributed by atoms with van der Waals surface area (Å²) in [5, 5.41) is 8.03. The number of halogens is 2. The van der Waals surface area contributed by atoms with Crippen molar-refractivity contribution in [2.45, 2.75) is 18.2 Å². The van der Waals surface area contributed by atoms with Crippen molar-refractivity contribution in [1.82, 2.24) is 0 Å². The van der Waals surface area contributed by atoms with Crippen LogP contribution < -0.4 is 0 Å². The predicted molar refractivity (Wildman–Crippen MR) is 62.2 cm³/mol. The zero-order chi connectivity index (χ0) is 12.3. The number of carbonyl (C=O) groups excluding carboxylic acids is 1. The minimum atomic E-state index is -1.12. The Morgan fingerprint density at radius 3 is 2.50 bits per heavy atom. The summed E-state index contributed by atoms with van der Waals surface area (Å²) >= 11 is 11.6. The predicted octanol–water partition coefficient (Wildman–Crippen LogP) is 2.99. The molecule has 0 amide bonds. The third kappa shape index (κ3) is 2.54. The van der Waals surface area contributed by atoms with Crippen molar-refractivity contribution in [3.8, 4) is 0 Å². The van der Waals surface area contributed by atoms with Crippen LogP contribution in [0.15, 0.2) is 18.2 Å². The van der Waals surface area contributed by atoms with Gasteiger partial charge in [-0.3, -0.25) is 4.79 Å². The van der Waals surface area contributed by atoms with Gasteiger partial charge in [0.15, 0.2) is 5.78 Å². The first-order chi connectivity index (χ1) is 7.49. The number of rotatable bonds is 4. The number of carboxylic acids is 1. The SMILES string of the molecule is CC(=O)C(Cl)c1c(CCl)cccc1C(=O)O. The van der Waals surface area contributed by atoms with Crippen molar-refractivity contribution in [3.05, 3.63) is 34.9 Å². The lowest BCUT2D eigenvalue weighted by molar-refractivity contribution is -0.116. The van der Waals surface area contributed by atoms with Gasteiger partial charge in [-0.2, -0.15) is 0 Å². The molecule has 0 aliphatic carbocycles. The molecule has 86 valence electrons. The first-order valence-electron chi connectivity index (χ1n) is 4.54. The van der Waals surface area contributed by atoms with Gasteiger partial charge in [0.2, 0.25) is 0 Å². The molecular formula is C11H10Cl2O3. The van der Waals surface area contributed by atoms with Crippen LogP contribution in [0.1, 0.15) is 33.8 Å². The normalized spacial score (nSPS) is 12.2. The summed E-state index contributed by atoms with van der Waals surface area (Å²) < 4.78 is 0. The van der Waals surface area contributed by atoms with Crippen LogP contribution in [0.5, 0.6) is 0 Å². The van der Waals surface area contributed by atoms with Crippen LogP contribution >= 0.6 is 23.2 Å². The molecule has 0 heterocycles. The number of alkyl halides is 2. The fraction of sp³-hybridized carbons (Fsp3) is 0.273. The lowest BCUT2D eigenvalue weighted by Crippen LogP contribution is -2.11. The van der Waals surface area contributed by atoms with Gasteiger partial charge >= 0.3 is 5.97 Å². The van der Waals surface area contributed by atoms with Gasteiger partial charge in [-0.25, -0.2) is 4.79 Å². The molecule has 1 N–H and O–H groups in total. The number of carboxylic acid groups (broad SMARTS) is 1. The summed E-state index contributed by atoms with van der Waals surface area (Å²) in [5.74, 6) is -1.30. The second kappa shape index (κ2) is 5.32. The number of hydrogen-bond donors (Lipinski definition) is 1. The number of aromatic carboxylic acids is 1. The van der Waals surface area contributed by atoms with Gasteiger partial charge in [-0.1, -0.05) is 12.1 Å². The molecule has 16 heavy (non-hydrogen) atoms. The van der Waals surface area contributed by atoms with Gasteiger partial charge in [-0.05, 0) is 24.1 Å². The van der Waals surface area contributed by atoms with E-state index >= 15 is 0 Å². The van der Waals surface area contributed by atoms with E-state index in [2.05, 4.69) is 0 Å². The minimum Gasteiger partial charge on any atom is -0.478 e. The Labute approximate surface area is 103 Å². The van der Waals surface area contributed by atoms with Gasteiger partial charge < -0.3 is 5.11 Å². The van der Waals surface area contributed by atoms with Crippen LogP contribution in [-0.2, 0) is 10.7 Å². The Bertz CT molecular complexity index is 429. The molecule has 0 aliphatic heterocycles. The standard InChI is InChI=1S/C11H10Cl2O3/c1-6(14)10(13)9-7(5-12)3-2-4-8(9)11(15)16/h2-4,10H,5H2,1H3,(H,15,16). The fourth-order valence-electron chi connectivity index (χ4n) is 1.42. The molecule has 0 radical (unpaired) electrons. The van der Waals surface area contributed by atoms with Crippen molar-refractivity contribution in [2.24, 2.45) is 0 Å². The van der Waals surface area contributed by atoms with Crippen molar-refractivity contribution < 1.29 is 14.7 Å². The van der Waals surface area contributed by atoms with E-state index in [0.717, 1.165) is 0 Å². The Kier molecular flexibility index (Phi) is 4.33. The first kappa shape index (κ1) is 13.0. The number of ketones is 1. The second-order valence-corrected chi connectivity index (χ2v) is 3.99. The minimum absolute atomic E-state index is 0.0216. The molecular weight excluding hydrogens is 251 g/mol. The number of hydrogen-bond acceptors (Lipinski definition) is 2. The molecule has 0 saturated heterocycles. The van der Waals surface area contributed by atoms with Gasteiger partial charge in [0.05, 0.1) is 5.56 Å². The summed E-state index contributed by atoms with van der Waals surface area (Å²) in [7, 11) is 0. The molecule has 0 saturated carbocycles. The molecule has 0 aromatic heterocycles. The molecule has 1 aromatic rings. The van der Waals surface area contributed by atoms with E-state index < -0.39 is 11.3 Å². The van der Waals surface area contributed by atoms with Crippen LogP contribution in [0.25, 0.3) is 0 Å². The summed E-state index contributed by atoms with van der Waals surface area (Å²) in [6, 6.07) is 4.65. The van der Waals surface area contributed by atoms with Gasteiger partial charge in [0, 0.05) is 5.88 Å². The molecule has 3 nitrogen and oxygen atoms in total. The average Bonchev–Trinajstić information content (AvgIpc) is 2.26. The summed E-state index contributed by atoms with van der Waals surface area (Å²) in [6.45, 7) is 1.31. The van der Waals surface area contributed by atoms with E-state index in [4.69, 9.17) is 28.3 Å². The monoisotopic (exact) mass is 260 g/mol. The van der Waals surface area contributed by atoms with Crippen LogP contribution in [0.3, 0.4) is 0 Å². The molecule has 0 bridgehead atoms. The largest absolute Gasteiger partial charge is 0.478 e. The summed E-state index contributed by atoms with van der Waals surface area (Å²) in [6.07, 6.45) is 0. The van der Waals surface area contributed by atoms with Gasteiger partial charge in [0.1, 0.15) is 5.38 Å². The second-order valence-electron chi connectivity index (χ2n) is 3.29. The van der Waals surface area contributed by atoms with Crippen molar-refractivity contribution in [1.29, 1.82) is 0 Å². The Morgan fingerprint density at radius 2 is 2.06 bits per heavy atom. The molecule has 1 rings (SSSR count). The van der Waals surface area contributed by atoms with E-state index in [1.54, 1.807) is 12.1 Å². The molecule has 0 fully saturated rings. The third-order valence-corrected chi connectivity index (χ3v) is 2.99. The molecule has 0 aliphatic rings. The highest BCUT2D eigenvalue weighted by Crippen LogP contribution is 2.29. The Morgan fingerprint density at radius 1 is 1.44 bits per heavy atom. The van der Waals surface area contributed by atoms with E-state index in [9.17, 15) is 9.59 Å². The summed E-state index contributed by atoms with van der Waals surface area (Å²) in [4.78, 5) is 22.2. The smallest absolute Gasteiger partial charge is 0.336 e. The lowest BCUT2D eigenvalue weighted by atomic mass is 9.97. The maximum absolute atomic E-state index is 11.2. The Balaban J connectivity index is 3.41. The van der Waals surface area contributed by atoms with Gasteiger partial charge in [-0.15, -0.1) is 23.2 Å². The van der Waals surface area contributed by atoms with E-state index in [1.807, 2.05) is 0 Å². The van der Waals surface area contributed by atoms with Crippen molar-refractivity contribution in [2.75, 3.05) is 0 Å². The van der Waals surface area contributed by atoms with E-state index in [0.29, 0.717) is 11.1 Å². The highest BCUT2D eigenvalue weighted by molar-refractivity contribution is 6.31. The van der Waals surface area contributed by atoms with Gasteiger partial charge in [0.25, 0.3) is 0 Å². The maximum atomic E-state index is 11.2. The zero-order valence-electron chi connectivity index (χ0n) is 8.54. The van der Waals surface area contributed by atoms with Crippen LogP contribution in [0, 0.1) is 0 Å². The van der Waals surface area contributed by atoms with Crippen molar-refractivity contribution in [3.63, 3.8) is 0 Å². The number of benzene rings is 1. The highest BCUT2D eigenvalue weighted by Gasteiger charge is 2.23. The fourth-order valence-corrected chi connectivity index (χ4v) is 1.91. The molecule has 1 aromatic carbocycles. The van der Waals surface area contributed by atoms with Crippen LogP contribution in [0.2, 0.25) is 0 Å². The topological polar surface area (TPSA) is 54.4 Å². The lowest BCUT2D eigenvalue weighted by Gasteiger charge is -2.13. The van der Waals surface area contributed by atoms with E-state index in [1.165, 1.54) is 13.0 Å². The summed E-state index contributed by atoms with van der Waals surface area (Å²) in [5.41, 5.74) is 0.879. The maximum Gasteiger partial charge on any atom is 0.336 e. The quantitative estimate of drug-likeness (QED) is 0.847. The zero-order valence-corrected chi connectivity index (χ0v) is 10.0. The van der Waals surface area contributed by atoms with Crippen LogP contribution in [0.4, 0.5) is 0 Å². The van der Waals surface area contributed by atoms with E-state index in [-0.39, 0.29) is 17.2 Å². The Hall–Kier alpha value is -1.06. The molecule has 5 heteroatoms. The first-order valence-corrected chi connectivity index (χ1v) is 5.51. The molecule has 1 unspecified atom stereocenters. The highest BCUT2D eigenvalue weighted by atomic mass is 35.5. The average molecular weight is 261 g/mol. The van der Waals surface area contributed by atoms with Crippen molar-refractivity contribution >= 4 is 35.0 Å². The third-order valence-electron chi connectivity index (χ3n) is 2.18.